The zero-order chi connectivity index (χ0) is 71.2. The van der Waals surface area contributed by atoms with Crippen molar-refractivity contribution in [1.82, 2.24) is 24.6 Å². The lowest BCUT2D eigenvalue weighted by atomic mass is 10.0. The first-order valence-corrected chi connectivity index (χ1v) is 34.7. The van der Waals surface area contributed by atoms with Crippen LogP contribution in [0, 0.1) is 0 Å². The van der Waals surface area contributed by atoms with E-state index in [-0.39, 0.29) is 45.6 Å². The number of benzene rings is 8. The number of primary sulfonamides is 1. The highest BCUT2D eigenvalue weighted by molar-refractivity contribution is 7.90. The first kappa shape index (κ1) is 69.9. The highest BCUT2D eigenvalue weighted by Crippen LogP contribution is 2.31. The van der Waals surface area contributed by atoms with E-state index in [1.807, 2.05) is 72.8 Å². The predicted octanol–water partition coefficient (Wildman–Crippen LogP) is 12.8. The van der Waals surface area contributed by atoms with Gasteiger partial charge in [0.15, 0.2) is 5.76 Å². The van der Waals surface area contributed by atoms with Gasteiger partial charge in [-0.1, -0.05) is 67.1 Å². The average molecular weight is 1390 g/mol. The molecular formula is C76H66N10O13S2. The molecule has 1 aliphatic heterocycles. The molecule has 25 heteroatoms. The molecular weight excluding hydrogens is 1330 g/mol. The summed E-state index contributed by atoms with van der Waals surface area (Å²) in [6.45, 7) is 2.57. The number of esters is 1. The van der Waals surface area contributed by atoms with Gasteiger partial charge in [-0.15, -0.1) is 0 Å². The summed E-state index contributed by atoms with van der Waals surface area (Å²) < 4.78 is 67.8. The third kappa shape index (κ3) is 16.8. The molecule has 23 nitrogen and oxygen atoms in total. The number of sulfonamides is 2. The van der Waals surface area contributed by atoms with E-state index in [9.17, 15) is 45.9 Å². The lowest BCUT2D eigenvalue weighted by Gasteiger charge is -2.14. The maximum absolute atomic E-state index is 13.2. The number of hydrogen-bond donors (Lipinski definition) is 6. The number of nitrogens with zero attached hydrogens (tertiary/aromatic N) is 5. The number of carbonyl (C=O) groups is 4. The van der Waals surface area contributed by atoms with Crippen LogP contribution in [0.2, 0.25) is 0 Å². The van der Waals surface area contributed by atoms with Crippen molar-refractivity contribution >= 4 is 105 Å². The minimum atomic E-state index is -3.83. The van der Waals surface area contributed by atoms with E-state index in [0.717, 1.165) is 46.0 Å². The van der Waals surface area contributed by atoms with Gasteiger partial charge in [-0.05, 0) is 177 Å². The number of amidine groups is 1. The number of nitrogens with two attached hydrogens (primary N) is 1. The topological polar surface area (TPSA) is 335 Å². The van der Waals surface area contributed by atoms with Crippen LogP contribution in [0.1, 0.15) is 79.6 Å². The summed E-state index contributed by atoms with van der Waals surface area (Å²) in [5.41, 5.74) is 6.83. The number of nitrogens with one attached hydrogen (secondary N) is 4. The molecule has 0 bridgehead atoms. The number of aromatic nitrogens is 3. The van der Waals surface area contributed by atoms with Crippen LogP contribution in [-0.4, -0.2) is 99.5 Å². The Morgan fingerprint density at radius 1 is 0.634 bits per heavy atom. The van der Waals surface area contributed by atoms with Crippen molar-refractivity contribution in [2.75, 3.05) is 37.9 Å². The van der Waals surface area contributed by atoms with Crippen LogP contribution in [0.4, 0.5) is 17.1 Å². The Balaban J connectivity index is 0.000000153. The van der Waals surface area contributed by atoms with Gasteiger partial charge in [0.25, 0.3) is 33.3 Å². The predicted molar refractivity (Wildman–Crippen MR) is 389 cm³/mol. The van der Waals surface area contributed by atoms with E-state index in [1.165, 1.54) is 66.9 Å². The minimum Gasteiger partial charge on any atom is -0.497 e. The second kappa shape index (κ2) is 31.4. The molecule has 5 heterocycles. The third-order valence-corrected chi connectivity index (χ3v) is 18.3. The first-order valence-electron chi connectivity index (χ1n) is 31.7. The lowest BCUT2D eigenvalue weighted by Crippen LogP contribution is -2.30. The van der Waals surface area contributed by atoms with Crippen molar-refractivity contribution in [2.45, 2.75) is 42.4 Å². The second-order valence-corrected chi connectivity index (χ2v) is 25.9. The number of methoxy groups -OCH3 is 1. The van der Waals surface area contributed by atoms with E-state index in [4.69, 9.17) is 24.0 Å². The summed E-state index contributed by atoms with van der Waals surface area (Å²) in [5.74, 6) is 0.144. The normalized spacial score (nSPS) is 12.2. The number of aromatic hydroxyl groups is 1. The molecule has 1 aliphatic rings. The first-order chi connectivity index (χ1) is 48.8. The highest BCUT2D eigenvalue weighted by atomic mass is 32.2. The van der Waals surface area contributed by atoms with Crippen molar-refractivity contribution in [3.05, 3.63) is 263 Å². The van der Waals surface area contributed by atoms with Crippen LogP contribution < -0.4 is 36.1 Å². The van der Waals surface area contributed by atoms with E-state index in [1.54, 1.807) is 112 Å². The van der Waals surface area contributed by atoms with Crippen LogP contribution in [0.3, 0.4) is 0 Å². The number of amides is 3. The van der Waals surface area contributed by atoms with Gasteiger partial charge in [0, 0.05) is 70.3 Å². The molecule has 510 valence electrons. The van der Waals surface area contributed by atoms with Gasteiger partial charge in [-0.2, -0.15) is 0 Å². The monoisotopic (exact) mass is 1390 g/mol. The number of hydrogen-bond acceptors (Lipinski definition) is 17. The molecule has 0 unspecified atom stereocenters. The fourth-order valence-electron chi connectivity index (χ4n) is 10.9. The fourth-order valence-corrected chi connectivity index (χ4v) is 12.5. The number of rotatable bonds is 16. The standard InChI is InChI=1S/C26H24N4O4S.C25H21N3O6S.C25H21N3O3/c31-26(21-17-23(24-9-6-16-34-24)29-22-8-4-3-7-20(21)22)28-18-11-13-19(14-12-18)35(32,33)30-25-10-2-1-5-15-27-25;1-2-34-25(31)16-7-11-18(12-8-16)28-23(29)21-6-4-3-5-20(21)22(24(28)30)15-27-17-9-13-19(14-10-17)35(26,32)33;1-26-24(29)17-6-5-7-18(14-17)27-25(30)21-15-23(16-10-12-19(31-2)13-11-16)28-22-9-4-3-8-20(21)22/h3-4,6-9,11-14,16-17H,1-2,5,10,15H2,(H,27,30)(H,28,31);3-15,30H,2H2,1H3,(H2,26,32,33);3-15H,1-2H3,(H,26,29)(H,27,30). The number of furan rings is 1. The molecule has 3 amide bonds. The Labute approximate surface area is 580 Å². The molecule has 8 aromatic carbocycles. The van der Waals surface area contributed by atoms with E-state index in [2.05, 4.69) is 35.6 Å². The number of para-hydroxylation sites is 2. The van der Waals surface area contributed by atoms with E-state index < -0.39 is 31.6 Å². The molecule has 0 radical (unpaired) electrons. The van der Waals surface area contributed by atoms with Crippen LogP contribution in [-0.2, 0) is 24.8 Å². The summed E-state index contributed by atoms with van der Waals surface area (Å²) in [4.78, 5) is 81.6. The second-order valence-electron chi connectivity index (χ2n) is 22.7. The maximum Gasteiger partial charge on any atom is 0.338 e. The maximum atomic E-state index is 13.2. The molecule has 0 saturated heterocycles. The van der Waals surface area contributed by atoms with Crippen LogP contribution >= 0.6 is 0 Å². The zero-order valence-corrected chi connectivity index (χ0v) is 56.3. The van der Waals surface area contributed by atoms with Crippen LogP contribution in [0.25, 0.3) is 61.0 Å². The van der Waals surface area contributed by atoms with Crippen molar-refractivity contribution < 1.29 is 55.0 Å². The quantitative estimate of drug-likeness (QED) is 0.0387. The number of fused-ring (bicyclic) bond motifs is 3. The van der Waals surface area contributed by atoms with Gasteiger partial charge in [0.2, 0.25) is 15.9 Å². The largest absolute Gasteiger partial charge is 0.497 e. The number of aliphatic imine (C=N–C) groups is 2. The molecule has 0 fully saturated rings. The Bertz CT molecular complexity index is 5440. The van der Waals surface area contributed by atoms with Crippen LogP contribution in [0.15, 0.2) is 254 Å². The number of carbonyl (C=O) groups excluding carboxylic acids is 4. The third-order valence-electron chi connectivity index (χ3n) is 16.0. The summed E-state index contributed by atoms with van der Waals surface area (Å²) in [7, 11) is -4.40. The number of anilines is 2. The van der Waals surface area contributed by atoms with Crippen LogP contribution in [0.5, 0.6) is 11.6 Å². The molecule has 0 saturated carbocycles. The molecule has 7 N–H and O–H groups in total. The summed E-state index contributed by atoms with van der Waals surface area (Å²) in [5, 5.41) is 26.8. The Morgan fingerprint density at radius 2 is 1.25 bits per heavy atom. The molecule has 13 rings (SSSR count). The SMILES string of the molecule is CCOC(=O)c1ccc(-n2c(O)c(C=Nc3ccc(S(N)(=O)=O)cc3)c3ccccc3c2=O)cc1.CNC(=O)c1cccc(NC(=O)c2cc(-c3ccc(OC)cc3)nc3ccccc23)c1.O=C(Nc1ccc(S(=O)(=O)NC2=NCCCCC2)cc1)c1cc(-c2ccco2)nc2ccccc12. The van der Waals surface area contributed by atoms with Gasteiger partial charge in [-0.3, -0.25) is 33.9 Å². The Hall–Kier alpha value is -12.5. The molecule has 101 heavy (non-hydrogen) atoms. The molecule has 4 aromatic heterocycles. The van der Waals surface area contributed by atoms with Crippen molar-refractivity contribution in [3.63, 3.8) is 0 Å². The van der Waals surface area contributed by atoms with Gasteiger partial charge < -0.3 is 34.9 Å². The Kier molecular flexibility index (Phi) is 21.7. The van der Waals surface area contributed by atoms with Gasteiger partial charge in [0.1, 0.15) is 17.3 Å². The van der Waals surface area contributed by atoms with E-state index in [0.29, 0.717) is 103 Å². The van der Waals surface area contributed by atoms with Gasteiger partial charge >= 0.3 is 5.97 Å². The number of pyridine rings is 3. The molecule has 0 aliphatic carbocycles. The molecule has 0 spiro atoms. The smallest absolute Gasteiger partial charge is 0.338 e. The molecule has 12 aromatic rings. The highest BCUT2D eigenvalue weighted by Gasteiger charge is 2.22. The lowest BCUT2D eigenvalue weighted by molar-refractivity contribution is 0.0525. The minimum absolute atomic E-state index is 0.0513. The van der Waals surface area contributed by atoms with Crippen molar-refractivity contribution in [1.29, 1.82) is 0 Å². The van der Waals surface area contributed by atoms with E-state index >= 15 is 0 Å². The fraction of sp³-hybridized carbons (Fsp3) is 0.118. The van der Waals surface area contributed by atoms with Crippen molar-refractivity contribution in [3.8, 4) is 40.0 Å². The summed E-state index contributed by atoms with van der Waals surface area (Å²) >= 11 is 0. The molecule has 0 atom stereocenters. The van der Waals surface area contributed by atoms with Gasteiger partial charge in [0.05, 0.1) is 80.1 Å². The average Bonchev–Trinajstić information content (AvgIpc) is 0.790. The summed E-state index contributed by atoms with van der Waals surface area (Å²) in [6.07, 6.45) is 6.49. The van der Waals surface area contributed by atoms with Gasteiger partial charge in [-0.25, -0.2) is 41.3 Å². The van der Waals surface area contributed by atoms with Crippen molar-refractivity contribution in [2.24, 2.45) is 15.1 Å². The Morgan fingerprint density at radius 3 is 1.87 bits per heavy atom. The zero-order valence-electron chi connectivity index (χ0n) is 54.7. The number of ether oxygens (including phenoxy) is 2. The summed E-state index contributed by atoms with van der Waals surface area (Å²) in [6, 6.07) is 60.8.